The summed E-state index contributed by atoms with van der Waals surface area (Å²) in [6.45, 7) is 4.56. The highest BCUT2D eigenvalue weighted by Crippen LogP contribution is 2.37. The van der Waals surface area contributed by atoms with Gasteiger partial charge in [-0.25, -0.2) is 14.6 Å². The third-order valence-electron chi connectivity index (χ3n) is 10.7. The van der Waals surface area contributed by atoms with Crippen LogP contribution in [-0.2, 0) is 19.2 Å². The maximum Gasteiger partial charge on any atom is 0.264 e. The molecule has 2 fully saturated rings. The lowest BCUT2D eigenvalue weighted by atomic mass is 10.0. The Hall–Kier alpha value is -7.43. The van der Waals surface area contributed by atoms with Crippen molar-refractivity contribution in [1.29, 1.82) is 0 Å². The number of imide groups is 2. The van der Waals surface area contributed by atoms with Gasteiger partial charge in [0.2, 0.25) is 23.6 Å². The second kappa shape index (κ2) is 16.2. The first kappa shape index (κ1) is 38.4. The molecule has 3 aliphatic rings. The highest BCUT2D eigenvalue weighted by molar-refractivity contribution is 6.25. The maximum absolute atomic E-state index is 13.6. The molecule has 3 aromatic carbocycles. The lowest BCUT2D eigenvalue weighted by molar-refractivity contribution is -0.136. The molecule has 8 rings (SSSR count). The van der Waals surface area contributed by atoms with Crippen LogP contribution in [0.5, 0.6) is 11.5 Å². The Labute approximate surface area is 337 Å². The van der Waals surface area contributed by atoms with E-state index in [1.165, 1.54) is 23.4 Å². The molecule has 5 aromatic rings. The fraction of sp³-hybridized carbons (Fsp3) is 0.262. The highest BCUT2D eigenvalue weighted by atomic mass is 16.5. The topological polar surface area (TPSA) is 224 Å². The monoisotopic (exact) mass is 796 g/mol. The zero-order chi connectivity index (χ0) is 41.2. The summed E-state index contributed by atoms with van der Waals surface area (Å²) in [6, 6.07) is 19.4. The van der Waals surface area contributed by atoms with Gasteiger partial charge in [-0.3, -0.25) is 39.0 Å². The number of amides is 6. The molecular weight excluding hydrogens is 757 g/mol. The van der Waals surface area contributed by atoms with Gasteiger partial charge in [0.1, 0.15) is 41.4 Å². The van der Waals surface area contributed by atoms with Crippen molar-refractivity contribution in [2.75, 3.05) is 30.7 Å². The molecular formula is C42H40N10O7. The predicted molar refractivity (Wildman–Crippen MR) is 215 cm³/mol. The number of nitrogen functional groups attached to an aromatic ring is 1. The van der Waals surface area contributed by atoms with Crippen LogP contribution in [0.2, 0.25) is 0 Å². The fourth-order valence-corrected chi connectivity index (χ4v) is 7.82. The van der Waals surface area contributed by atoms with Crippen LogP contribution >= 0.6 is 0 Å². The van der Waals surface area contributed by atoms with Crippen molar-refractivity contribution < 1.29 is 33.5 Å². The van der Waals surface area contributed by atoms with Crippen LogP contribution in [-0.4, -0.2) is 96.7 Å². The van der Waals surface area contributed by atoms with E-state index in [-0.39, 0.29) is 48.7 Å². The molecule has 2 saturated heterocycles. The van der Waals surface area contributed by atoms with Gasteiger partial charge >= 0.3 is 0 Å². The number of fused-ring (bicyclic) bond motifs is 2. The molecule has 0 spiro atoms. The van der Waals surface area contributed by atoms with E-state index in [0.717, 1.165) is 10.5 Å². The van der Waals surface area contributed by atoms with Crippen LogP contribution < -0.4 is 26.4 Å². The Morgan fingerprint density at radius 2 is 1.69 bits per heavy atom. The number of unbranched alkanes of at least 4 members (excludes halogenated alkanes) is 1. The van der Waals surface area contributed by atoms with E-state index < -0.39 is 47.7 Å². The van der Waals surface area contributed by atoms with E-state index in [1.54, 1.807) is 16.8 Å². The molecule has 0 aliphatic carbocycles. The average Bonchev–Trinajstić information content (AvgIpc) is 3.93. The van der Waals surface area contributed by atoms with E-state index in [2.05, 4.69) is 32.5 Å². The van der Waals surface area contributed by atoms with Gasteiger partial charge in [-0.15, -0.1) is 0 Å². The summed E-state index contributed by atoms with van der Waals surface area (Å²) in [5.74, 6) is -1.42. The van der Waals surface area contributed by atoms with Gasteiger partial charge < -0.3 is 26.0 Å². The molecule has 0 bridgehead atoms. The molecule has 1 unspecified atom stereocenters. The summed E-state index contributed by atoms with van der Waals surface area (Å²) < 4.78 is 7.67. The van der Waals surface area contributed by atoms with E-state index in [4.69, 9.17) is 15.6 Å². The number of benzene rings is 3. The third kappa shape index (κ3) is 7.45. The van der Waals surface area contributed by atoms with E-state index in [9.17, 15) is 28.8 Å². The molecule has 2 aromatic heterocycles. The van der Waals surface area contributed by atoms with Crippen molar-refractivity contribution in [3.05, 3.63) is 103 Å². The van der Waals surface area contributed by atoms with E-state index in [1.807, 2.05) is 54.6 Å². The first-order valence-electron chi connectivity index (χ1n) is 19.2. The number of carbonyl (C=O) groups excluding carboxylic acids is 6. The van der Waals surface area contributed by atoms with E-state index >= 15 is 0 Å². The molecule has 5 N–H and O–H groups in total. The Morgan fingerprint density at radius 3 is 2.46 bits per heavy atom. The lowest BCUT2D eigenvalue weighted by Crippen LogP contribution is -2.54. The normalized spacial score (nSPS) is 18.8. The number of nitrogens with zero attached hydrogens (tertiary/aromatic N) is 6. The van der Waals surface area contributed by atoms with Crippen LogP contribution in [0.1, 0.15) is 58.9 Å². The van der Waals surface area contributed by atoms with Crippen molar-refractivity contribution >= 4 is 58.0 Å². The minimum Gasteiger partial charge on any atom is -0.457 e. The van der Waals surface area contributed by atoms with Gasteiger partial charge in [0, 0.05) is 43.7 Å². The first-order chi connectivity index (χ1) is 28.6. The molecule has 5 heterocycles. The third-order valence-corrected chi connectivity index (χ3v) is 10.7. The van der Waals surface area contributed by atoms with Gasteiger partial charge in [0.25, 0.3) is 11.8 Å². The Kier molecular flexibility index (Phi) is 10.6. The predicted octanol–water partition coefficient (Wildman–Crippen LogP) is 3.61. The summed E-state index contributed by atoms with van der Waals surface area (Å²) >= 11 is 0. The number of carbonyl (C=O) groups is 6. The van der Waals surface area contributed by atoms with Gasteiger partial charge in [-0.1, -0.05) is 30.8 Å². The van der Waals surface area contributed by atoms with Crippen molar-refractivity contribution in [3.63, 3.8) is 0 Å². The second-order valence-electron chi connectivity index (χ2n) is 14.4. The molecule has 0 saturated carbocycles. The summed E-state index contributed by atoms with van der Waals surface area (Å²) in [5, 5.41) is 13.9. The van der Waals surface area contributed by atoms with Crippen molar-refractivity contribution in [2.45, 2.75) is 50.2 Å². The van der Waals surface area contributed by atoms with Gasteiger partial charge in [0.05, 0.1) is 22.6 Å². The Balaban J connectivity index is 0.898. The molecule has 17 heteroatoms. The zero-order valence-corrected chi connectivity index (χ0v) is 31.8. The summed E-state index contributed by atoms with van der Waals surface area (Å²) in [4.78, 5) is 88.5. The number of ether oxygens (including phenoxy) is 1. The fourth-order valence-electron chi connectivity index (χ4n) is 7.82. The molecule has 0 radical (unpaired) electrons. The van der Waals surface area contributed by atoms with Gasteiger partial charge in [0.15, 0.2) is 5.65 Å². The number of anilines is 2. The number of hydrogen-bond acceptors (Lipinski definition) is 12. The molecule has 6 amide bonds. The van der Waals surface area contributed by atoms with Crippen molar-refractivity contribution in [3.8, 4) is 22.8 Å². The molecule has 300 valence electrons. The zero-order valence-electron chi connectivity index (χ0n) is 31.8. The minimum atomic E-state index is -1.06. The average molecular weight is 797 g/mol. The number of para-hydroxylation sites is 1. The van der Waals surface area contributed by atoms with E-state index in [0.29, 0.717) is 59.8 Å². The molecule has 3 aliphatic heterocycles. The van der Waals surface area contributed by atoms with Crippen LogP contribution in [0, 0.1) is 0 Å². The molecule has 3 atom stereocenters. The Bertz CT molecular complexity index is 2500. The maximum atomic E-state index is 13.6. The quantitative estimate of drug-likeness (QED) is 0.0762. The number of aromatic nitrogens is 4. The number of piperidine rings is 1. The molecule has 59 heavy (non-hydrogen) atoms. The van der Waals surface area contributed by atoms with Gasteiger partial charge in [-0.2, -0.15) is 5.10 Å². The largest absolute Gasteiger partial charge is 0.457 e. The van der Waals surface area contributed by atoms with Crippen molar-refractivity contribution in [1.82, 2.24) is 40.2 Å². The first-order valence-corrected chi connectivity index (χ1v) is 19.2. The standard InChI is InChI=1S/C42H40N10O7/c1-2-33(54)50-22-25(52-38-35(37(43)46-23-47-38)36(49-52)24-13-15-27(16-14-24)59-26-9-4-3-5-10-26)21-31(50)39(55)45-20-7-6-19-44-29-12-8-11-28-34(29)42(58)51(41(28)57)30-17-18-32(53)48-40(30)56/h2-5,8-16,23,25,30-31,44H,1,6-7,17-22H2,(H,45,55)(H2,43,46,47)(H,48,53,56)/t25-,30?,31-/m0/s1. The number of likely N-dealkylation sites (tertiary alicyclic amines) is 1. The lowest BCUT2D eigenvalue weighted by Gasteiger charge is -2.27. The second-order valence-corrected chi connectivity index (χ2v) is 14.4. The smallest absolute Gasteiger partial charge is 0.264 e. The van der Waals surface area contributed by atoms with Crippen LogP contribution in [0.15, 0.2) is 91.8 Å². The van der Waals surface area contributed by atoms with Crippen LogP contribution in [0.4, 0.5) is 11.5 Å². The minimum absolute atomic E-state index is 0.0330. The molecule has 17 nitrogen and oxygen atoms in total. The summed E-state index contributed by atoms with van der Waals surface area (Å²) in [7, 11) is 0. The summed E-state index contributed by atoms with van der Waals surface area (Å²) in [6.07, 6.45) is 4.06. The highest BCUT2D eigenvalue weighted by Gasteiger charge is 2.46. The van der Waals surface area contributed by atoms with Crippen molar-refractivity contribution in [2.24, 2.45) is 0 Å². The van der Waals surface area contributed by atoms with Crippen LogP contribution in [0.3, 0.4) is 0 Å². The number of nitrogens with one attached hydrogen (secondary N) is 3. The summed E-state index contributed by atoms with van der Waals surface area (Å²) in [5.41, 5.74) is 8.97. The van der Waals surface area contributed by atoms with Crippen LogP contribution in [0.25, 0.3) is 22.3 Å². The number of hydrogen-bond donors (Lipinski definition) is 4. The van der Waals surface area contributed by atoms with Gasteiger partial charge in [-0.05, 0) is 73.9 Å². The Morgan fingerprint density at radius 1 is 0.932 bits per heavy atom. The SMILES string of the molecule is C=CC(=O)N1C[C@@H](n2nc(-c3ccc(Oc4ccccc4)cc3)c3c(N)ncnc32)C[C@H]1C(=O)NCCCCNc1cccc2c1C(=O)N(C1CCC(=O)NC1=O)C2=O. The number of rotatable bonds is 13. The number of nitrogens with two attached hydrogens (primary N) is 1.